The van der Waals surface area contributed by atoms with E-state index in [2.05, 4.69) is 22.0 Å². The fourth-order valence-corrected chi connectivity index (χ4v) is 3.67. The van der Waals surface area contributed by atoms with Crippen LogP contribution in [0.4, 0.5) is 0 Å². The van der Waals surface area contributed by atoms with Gasteiger partial charge in [0.05, 0.1) is 17.1 Å². The van der Waals surface area contributed by atoms with Crippen molar-refractivity contribution < 1.29 is 4.74 Å². The Hall–Kier alpha value is -2.90. The molecule has 2 aromatic carbocycles. The average molecular weight is 357 g/mol. The summed E-state index contributed by atoms with van der Waals surface area (Å²) < 4.78 is 6.38. The lowest BCUT2D eigenvalue weighted by Gasteiger charge is -2.32. The first-order chi connectivity index (χ1) is 13.2. The zero-order valence-electron chi connectivity index (χ0n) is 15.6. The molecule has 0 amide bonds. The lowest BCUT2D eigenvalue weighted by atomic mass is 10.1. The molecule has 1 aromatic heterocycles. The van der Waals surface area contributed by atoms with Gasteiger partial charge in [-0.1, -0.05) is 24.3 Å². The third-order valence-electron chi connectivity index (χ3n) is 5.12. The molecule has 2 heterocycles. The van der Waals surface area contributed by atoms with Crippen LogP contribution in [0.15, 0.2) is 54.6 Å². The molecule has 0 aliphatic carbocycles. The number of ether oxygens (including phenoxy) is 1. The Morgan fingerprint density at radius 1 is 1.11 bits per heavy atom. The maximum atomic E-state index is 8.91. The third kappa shape index (κ3) is 4.10. The maximum Gasteiger partial charge on any atom is 0.130 e. The third-order valence-corrected chi connectivity index (χ3v) is 5.12. The quantitative estimate of drug-likeness (QED) is 0.692. The van der Waals surface area contributed by atoms with E-state index < -0.39 is 0 Å². The van der Waals surface area contributed by atoms with Crippen LogP contribution in [0.1, 0.15) is 29.7 Å². The molecule has 0 spiro atoms. The molecule has 3 aromatic rings. The van der Waals surface area contributed by atoms with Gasteiger partial charge in [-0.25, -0.2) is 0 Å². The topological polar surface area (TPSA) is 49.1 Å². The van der Waals surface area contributed by atoms with Crippen LogP contribution < -0.4 is 4.74 Å². The second-order valence-corrected chi connectivity index (χ2v) is 7.18. The minimum Gasteiger partial charge on any atom is -0.490 e. The summed E-state index contributed by atoms with van der Waals surface area (Å²) in [4.78, 5) is 7.05. The van der Waals surface area contributed by atoms with Crippen molar-refractivity contribution in [3.63, 3.8) is 0 Å². The van der Waals surface area contributed by atoms with Gasteiger partial charge in [-0.2, -0.15) is 5.26 Å². The molecule has 136 valence electrons. The number of nitrogens with zero attached hydrogens (tertiary/aromatic N) is 3. The SMILES string of the molecule is Cc1cc(OC2CCN(Cc3ccc(C#N)cc3)CC2)c2ccccc2n1. The number of hydrogen-bond acceptors (Lipinski definition) is 4. The van der Waals surface area contributed by atoms with Crippen molar-refractivity contribution in [2.45, 2.75) is 32.4 Å². The lowest BCUT2D eigenvalue weighted by Crippen LogP contribution is -2.37. The first kappa shape index (κ1) is 17.5. The highest BCUT2D eigenvalue weighted by atomic mass is 16.5. The number of pyridine rings is 1. The van der Waals surface area contributed by atoms with Gasteiger partial charge in [0, 0.05) is 36.8 Å². The Morgan fingerprint density at radius 3 is 2.59 bits per heavy atom. The van der Waals surface area contributed by atoms with Crippen LogP contribution in [0.3, 0.4) is 0 Å². The van der Waals surface area contributed by atoms with Crippen LogP contribution in [-0.2, 0) is 6.54 Å². The van der Waals surface area contributed by atoms with Crippen molar-refractivity contribution in [3.05, 3.63) is 71.4 Å². The molecule has 0 unspecified atom stereocenters. The largest absolute Gasteiger partial charge is 0.490 e. The number of fused-ring (bicyclic) bond motifs is 1. The number of piperidine rings is 1. The molecule has 4 nitrogen and oxygen atoms in total. The molecule has 1 saturated heterocycles. The van der Waals surface area contributed by atoms with Crippen LogP contribution in [0, 0.1) is 18.3 Å². The van der Waals surface area contributed by atoms with Crippen LogP contribution in [-0.4, -0.2) is 29.1 Å². The summed E-state index contributed by atoms with van der Waals surface area (Å²) in [5.41, 5.74) is 3.95. The predicted octanol–water partition coefficient (Wildman–Crippen LogP) is 4.46. The second kappa shape index (κ2) is 7.77. The van der Waals surface area contributed by atoms with Gasteiger partial charge in [0.1, 0.15) is 11.9 Å². The van der Waals surface area contributed by atoms with Gasteiger partial charge in [-0.15, -0.1) is 0 Å². The normalized spacial score (nSPS) is 15.6. The van der Waals surface area contributed by atoms with E-state index in [9.17, 15) is 0 Å². The number of rotatable bonds is 4. The zero-order valence-corrected chi connectivity index (χ0v) is 15.6. The summed E-state index contributed by atoms with van der Waals surface area (Å²) in [5, 5.41) is 9.99. The molecule has 0 saturated carbocycles. The molecule has 1 aliphatic heterocycles. The molecule has 0 atom stereocenters. The Balaban J connectivity index is 1.38. The average Bonchev–Trinajstić information content (AvgIpc) is 2.70. The van der Waals surface area contributed by atoms with E-state index in [4.69, 9.17) is 10.00 Å². The first-order valence-electron chi connectivity index (χ1n) is 9.46. The number of hydrogen-bond donors (Lipinski definition) is 0. The van der Waals surface area contributed by atoms with Crippen LogP contribution >= 0.6 is 0 Å². The summed E-state index contributed by atoms with van der Waals surface area (Å²) in [6, 6.07) is 20.3. The van der Waals surface area contributed by atoms with Crippen LogP contribution in [0.2, 0.25) is 0 Å². The van der Waals surface area contributed by atoms with Gasteiger partial charge >= 0.3 is 0 Å². The van der Waals surface area contributed by atoms with E-state index in [-0.39, 0.29) is 6.10 Å². The predicted molar refractivity (Wildman–Crippen MR) is 107 cm³/mol. The minimum absolute atomic E-state index is 0.243. The molecule has 1 aliphatic rings. The zero-order chi connectivity index (χ0) is 18.6. The molecule has 0 radical (unpaired) electrons. The van der Waals surface area contributed by atoms with Gasteiger partial charge in [0.25, 0.3) is 0 Å². The smallest absolute Gasteiger partial charge is 0.130 e. The van der Waals surface area contributed by atoms with Crippen molar-refractivity contribution in [2.75, 3.05) is 13.1 Å². The van der Waals surface area contributed by atoms with Crippen molar-refractivity contribution in [1.82, 2.24) is 9.88 Å². The number of likely N-dealkylation sites (tertiary alicyclic amines) is 1. The Kier molecular flexibility index (Phi) is 5.04. The number of benzene rings is 2. The highest BCUT2D eigenvalue weighted by Gasteiger charge is 2.21. The summed E-state index contributed by atoms with van der Waals surface area (Å²) in [5.74, 6) is 0.948. The summed E-state index contributed by atoms with van der Waals surface area (Å²) in [6.07, 6.45) is 2.28. The second-order valence-electron chi connectivity index (χ2n) is 7.18. The molecule has 27 heavy (non-hydrogen) atoms. The number of nitriles is 1. The Labute approximate surface area is 160 Å². The standard InChI is InChI=1S/C23H23N3O/c1-17-14-23(21-4-2-3-5-22(21)25-17)27-20-10-12-26(13-11-20)16-19-8-6-18(15-24)7-9-19/h2-9,14,20H,10-13,16H2,1H3. The molecule has 4 heteroatoms. The van der Waals surface area contributed by atoms with Crippen molar-refractivity contribution >= 4 is 10.9 Å². The van der Waals surface area contributed by atoms with Crippen molar-refractivity contribution in [2.24, 2.45) is 0 Å². The summed E-state index contributed by atoms with van der Waals surface area (Å²) >= 11 is 0. The number of aromatic nitrogens is 1. The lowest BCUT2D eigenvalue weighted by molar-refractivity contribution is 0.0979. The van der Waals surface area contributed by atoms with Crippen LogP contribution in [0.5, 0.6) is 5.75 Å². The first-order valence-corrected chi connectivity index (χ1v) is 9.46. The van der Waals surface area contributed by atoms with E-state index >= 15 is 0 Å². The van der Waals surface area contributed by atoms with Crippen LogP contribution in [0.25, 0.3) is 10.9 Å². The highest BCUT2D eigenvalue weighted by Crippen LogP contribution is 2.28. The molecule has 0 N–H and O–H groups in total. The van der Waals surface area contributed by atoms with Gasteiger partial charge in [-0.05, 0) is 49.6 Å². The van der Waals surface area contributed by atoms with E-state index in [0.717, 1.165) is 54.8 Å². The van der Waals surface area contributed by atoms with E-state index in [1.807, 2.05) is 55.5 Å². The summed E-state index contributed by atoms with van der Waals surface area (Å²) in [6.45, 7) is 4.98. The molecular formula is C23H23N3O. The van der Waals surface area contributed by atoms with Gasteiger partial charge < -0.3 is 4.74 Å². The van der Waals surface area contributed by atoms with E-state index in [1.54, 1.807) is 0 Å². The van der Waals surface area contributed by atoms with E-state index in [0.29, 0.717) is 5.56 Å². The highest BCUT2D eigenvalue weighted by molar-refractivity contribution is 5.85. The maximum absolute atomic E-state index is 8.91. The van der Waals surface area contributed by atoms with E-state index in [1.165, 1.54) is 5.56 Å². The van der Waals surface area contributed by atoms with Gasteiger partial charge in [0.2, 0.25) is 0 Å². The number of aryl methyl sites for hydroxylation is 1. The molecular weight excluding hydrogens is 334 g/mol. The monoisotopic (exact) mass is 357 g/mol. The Morgan fingerprint density at radius 2 is 1.85 bits per heavy atom. The molecule has 1 fully saturated rings. The van der Waals surface area contributed by atoms with Gasteiger partial charge in [-0.3, -0.25) is 9.88 Å². The number of para-hydroxylation sites is 1. The van der Waals surface area contributed by atoms with Gasteiger partial charge in [0.15, 0.2) is 0 Å². The fourth-order valence-electron chi connectivity index (χ4n) is 3.67. The van der Waals surface area contributed by atoms with Crippen molar-refractivity contribution in [3.8, 4) is 11.8 Å². The molecule has 0 bridgehead atoms. The van der Waals surface area contributed by atoms with Crippen molar-refractivity contribution in [1.29, 1.82) is 5.26 Å². The fraction of sp³-hybridized carbons (Fsp3) is 0.304. The minimum atomic E-state index is 0.243. The Bertz CT molecular complexity index is 967. The molecule has 4 rings (SSSR count). The summed E-state index contributed by atoms with van der Waals surface area (Å²) in [7, 11) is 0.